The average molecular weight is 220 g/mol. The van der Waals surface area contributed by atoms with Crippen LogP contribution in [-0.2, 0) is 9.59 Å². The van der Waals surface area contributed by atoms with Gasteiger partial charge in [-0.15, -0.1) is 0 Å². The molecule has 0 aromatic heterocycles. The molecule has 0 fully saturated rings. The molecular formula is C12H16N2O2. The summed E-state index contributed by atoms with van der Waals surface area (Å²) in [6.45, 7) is 3.32. The molecule has 0 spiro atoms. The van der Waals surface area contributed by atoms with Crippen LogP contribution in [0.5, 0.6) is 0 Å². The fourth-order valence-corrected chi connectivity index (χ4v) is 1.30. The molecule has 2 atom stereocenters. The monoisotopic (exact) mass is 220 g/mol. The first kappa shape index (κ1) is 12.4. The van der Waals surface area contributed by atoms with Crippen LogP contribution in [0.1, 0.15) is 25.5 Å². The molecule has 0 saturated heterocycles. The Balaban J connectivity index is 2.62. The molecule has 3 N–H and O–H groups in total. The van der Waals surface area contributed by atoms with E-state index in [-0.39, 0.29) is 6.04 Å². The zero-order valence-electron chi connectivity index (χ0n) is 9.44. The summed E-state index contributed by atoms with van der Waals surface area (Å²) in [4.78, 5) is 22.7. The van der Waals surface area contributed by atoms with E-state index in [0.717, 1.165) is 5.56 Å². The van der Waals surface area contributed by atoms with Gasteiger partial charge in [0.05, 0.1) is 12.1 Å². The first-order valence-corrected chi connectivity index (χ1v) is 5.17. The van der Waals surface area contributed by atoms with Gasteiger partial charge in [-0.3, -0.25) is 9.59 Å². The van der Waals surface area contributed by atoms with E-state index >= 15 is 0 Å². The van der Waals surface area contributed by atoms with E-state index < -0.39 is 17.7 Å². The molecule has 0 aliphatic carbocycles. The van der Waals surface area contributed by atoms with Gasteiger partial charge in [-0.2, -0.15) is 0 Å². The number of ketones is 1. The lowest BCUT2D eigenvalue weighted by molar-refractivity contribution is -0.138. The largest absolute Gasteiger partial charge is 0.343 e. The summed E-state index contributed by atoms with van der Waals surface area (Å²) in [6, 6.07) is 8.48. The van der Waals surface area contributed by atoms with Crippen molar-refractivity contribution in [3.63, 3.8) is 0 Å². The number of benzene rings is 1. The van der Waals surface area contributed by atoms with Gasteiger partial charge in [0.15, 0.2) is 0 Å². The second-order valence-corrected chi connectivity index (χ2v) is 3.76. The quantitative estimate of drug-likeness (QED) is 0.736. The van der Waals surface area contributed by atoms with Crippen molar-refractivity contribution in [2.24, 2.45) is 5.73 Å². The molecule has 0 bridgehead atoms. The van der Waals surface area contributed by atoms with E-state index in [1.165, 1.54) is 6.92 Å². The lowest BCUT2D eigenvalue weighted by Gasteiger charge is -2.14. The molecule has 1 amide bonds. The normalized spacial score (nSPS) is 13.9. The Morgan fingerprint density at radius 1 is 1.19 bits per heavy atom. The third-order valence-electron chi connectivity index (χ3n) is 2.28. The summed E-state index contributed by atoms with van der Waals surface area (Å²) in [6.07, 6.45) is 0. The van der Waals surface area contributed by atoms with Gasteiger partial charge in [-0.05, 0) is 19.4 Å². The van der Waals surface area contributed by atoms with Crippen LogP contribution in [0.2, 0.25) is 0 Å². The van der Waals surface area contributed by atoms with Crippen LogP contribution in [0.15, 0.2) is 30.3 Å². The van der Waals surface area contributed by atoms with Crippen molar-refractivity contribution in [3.05, 3.63) is 35.9 Å². The Morgan fingerprint density at radius 3 is 2.25 bits per heavy atom. The van der Waals surface area contributed by atoms with Gasteiger partial charge < -0.3 is 11.1 Å². The van der Waals surface area contributed by atoms with Crippen molar-refractivity contribution in [2.45, 2.75) is 25.9 Å². The van der Waals surface area contributed by atoms with E-state index in [9.17, 15) is 9.59 Å². The van der Waals surface area contributed by atoms with Gasteiger partial charge in [0.1, 0.15) is 0 Å². The summed E-state index contributed by atoms with van der Waals surface area (Å²) < 4.78 is 0. The Labute approximate surface area is 94.8 Å². The zero-order valence-corrected chi connectivity index (χ0v) is 9.44. The molecule has 86 valence electrons. The smallest absolute Gasteiger partial charge is 0.289 e. The number of nitrogens with one attached hydrogen (secondary N) is 1. The van der Waals surface area contributed by atoms with Gasteiger partial charge in [0, 0.05) is 0 Å². The first-order chi connectivity index (χ1) is 7.52. The highest BCUT2D eigenvalue weighted by Gasteiger charge is 2.19. The molecule has 0 saturated carbocycles. The average Bonchev–Trinajstić information content (AvgIpc) is 2.28. The summed E-state index contributed by atoms with van der Waals surface area (Å²) in [5.41, 5.74) is 6.29. The molecule has 0 aliphatic heterocycles. The van der Waals surface area contributed by atoms with Crippen molar-refractivity contribution < 1.29 is 9.59 Å². The van der Waals surface area contributed by atoms with Gasteiger partial charge in [-0.25, -0.2) is 0 Å². The van der Waals surface area contributed by atoms with Crippen LogP contribution >= 0.6 is 0 Å². The topological polar surface area (TPSA) is 72.2 Å². The third-order valence-corrected chi connectivity index (χ3v) is 2.28. The number of carbonyl (C=O) groups is 2. The lowest BCUT2D eigenvalue weighted by Crippen LogP contribution is -2.41. The highest BCUT2D eigenvalue weighted by Crippen LogP contribution is 2.10. The molecule has 1 aromatic carbocycles. The maximum absolute atomic E-state index is 11.4. The number of amides is 1. The number of hydrogen-bond acceptors (Lipinski definition) is 3. The fraction of sp³-hybridized carbons (Fsp3) is 0.333. The van der Waals surface area contributed by atoms with Gasteiger partial charge in [-0.1, -0.05) is 30.3 Å². The van der Waals surface area contributed by atoms with Crippen molar-refractivity contribution in [3.8, 4) is 0 Å². The third kappa shape index (κ3) is 3.17. The first-order valence-electron chi connectivity index (χ1n) is 5.17. The highest BCUT2D eigenvalue weighted by molar-refractivity contribution is 6.38. The highest BCUT2D eigenvalue weighted by atomic mass is 16.2. The Kier molecular flexibility index (Phi) is 4.19. The summed E-state index contributed by atoms with van der Waals surface area (Å²) in [5.74, 6) is -1.23. The molecule has 0 unspecified atom stereocenters. The molecular weight excluding hydrogens is 204 g/mol. The number of nitrogens with two attached hydrogens (primary N) is 1. The minimum Gasteiger partial charge on any atom is -0.343 e. The Morgan fingerprint density at radius 2 is 1.75 bits per heavy atom. The van der Waals surface area contributed by atoms with E-state index in [2.05, 4.69) is 5.32 Å². The van der Waals surface area contributed by atoms with E-state index in [4.69, 9.17) is 5.73 Å². The van der Waals surface area contributed by atoms with Crippen molar-refractivity contribution >= 4 is 11.7 Å². The van der Waals surface area contributed by atoms with Crippen LogP contribution < -0.4 is 11.1 Å². The predicted molar refractivity (Wildman–Crippen MR) is 61.7 cm³/mol. The minimum atomic E-state index is -0.761. The number of carbonyl (C=O) groups excluding carboxylic acids is 2. The summed E-state index contributed by atoms with van der Waals surface area (Å²) in [7, 11) is 0. The molecule has 4 nitrogen and oxygen atoms in total. The molecule has 16 heavy (non-hydrogen) atoms. The minimum absolute atomic E-state index is 0.198. The zero-order chi connectivity index (χ0) is 12.1. The fourth-order valence-electron chi connectivity index (χ4n) is 1.30. The number of Topliss-reactive ketones (excluding diaryl/α,β-unsaturated/α-hetero) is 1. The van der Waals surface area contributed by atoms with Crippen LogP contribution in [0.3, 0.4) is 0 Å². The SMILES string of the molecule is C[C@H](N)C(=O)C(=O)N[C@@H](C)c1ccccc1. The van der Waals surface area contributed by atoms with Crippen LogP contribution in [0, 0.1) is 0 Å². The van der Waals surface area contributed by atoms with Gasteiger partial charge >= 0.3 is 0 Å². The van der Waals surface area contributed by atoms with Crippen molar-refractivity contribution in [1.82, 2.24) is 5.32 Å². The summed E-state index contributed by atoms with van der Waals surface area (Å²) in [5, 5.41) is 2.61. The number of rotatable bonds is 4. The molecule has 0 heterocycles. The van der Waals surface area contributed by atoms with Crippen LogP contribution in [0.25, 0.3) is 0 Å². The van der Waals surface area contributed by atoms with Crippen molar-refractivity contribution in [1.29, 1.82) is 0 Å². The molecule has 1 aromatic rings. The number of hydrogen-bond donors (Lipinski definition) is 2. The van der Waals surface area contributed by atoms with E-state index in [1.807, 2.05) is 37.3 Å². The summed E-state index contributed by atoms with van der Waals surface area (Å²) >= 11 is 0. The molecule has 0 aliphatic rings. The standard InChI is InChI=1S/C12H16N2O2/c1-8(13)11(15)12(16)14-9(2)10-6-4-3-5-7-10/h3-9H,13H2,1-2H3,(H,14,16)/t8-,9-/m0/s1. The van der Waals surface area contributed by atoms with Gasteiger partial charge in [0.25, 0.3) is 5.91 Å². The maximum atomic E-state index is 11.4. The Bertz CT molecular complexity index is 374. The second-order valence-electron chi connectivity index (χ2n) is 3.76. The lowest BCUT2D eigenvalue weighted by atomic mass is 10.1. The van der Waals surface area contributed by atoms with Gasteiger partial charge in [0.2, 0.25) is 5.78 Å². The molecule has 4 heteroatoms. The van der Waals surface area contributed by atoms with Crippen LogP contribution in [-0.4, -0.2) is 17.7 Å². The molecule has 0 radical (unpaired) electrons. The van der Waals surface area contributed by atoms with Crippen LogP contribution in [0.4, 0.5) is 0 Å². The predicted octanol–water partition coefficient (Wildman–Crippen LogP) is 0.780. The Hall–Kier alpha value is -1.68. The molecule has 1 rings (SSSR count). The van der Waals surface area contributed by atoms with Crippen molar-refractivity contribution in [2.75, 3.05) is 0 Å². The maximum Gasteiger partial charge on any atom is 0.289 e. The second kappa shape index (κ2) is 5.42. The van der Waals surface area contributed by atoms with E-state index in [0.29, 0.717) is 0 Å². The van der Waals surface area contributed by atoms with E-state index in [1.54, 1.807) is 0 Å².